The zero-order valence-electron chi connectivity index (χ0n) is 10.6. The lowest BCUT2D eigenvalue weighted by molar-refractivity contribution is -0.143. The number of benzene rings is 1. The molecule has 1 heterocycles. The first-order valence-corrected chi connectivity index (χ1v) is 6.41. The minimum Gasteiger partial charge on any atom is -0.481 e. The van der Waals surface area contributed by atoms with E-state index in [0.717, 1.165) is 0 Å². The Labute approximate surface area is 110 Å². The van der Waals surface area contributed by atoms with E-state index in [1.165, 1.54) is 18.2 Å². The highest BCUT2D eigenvalue weighted by molar-refractivity contribution is 5.70. The lowest BCUT2D eigenvalue weighted by Crippen LogP contribution is -2.38. The van der Waals surface area contributed by atoms with Crippen LogP contribution in [0.1, 0.15) is 24.6 Å². The van der Waals surface area contributed by atoms with E-state index in [1.54, 1.807) is 6.07 Å². The van der Waals surface area contributed by atoms with Crippen molar-refractivity contribution in [2.75, 3.05) is 19.6 Å². The molecule has 1 aliphatic rings. The summed E-state index contributed by atoms with van der Waals surface area (Å²) >= 11 is 0. The Kier molecular flexibility index (Phi) is 4.47. The van der Waals surface area contributed by atoms with Gasteiger partial charge in [0.05, 0.1) is 5.92 Å². The standard InChI is InChI=1S/C14H17F2NO2/c15-12-3-1-2-11(8-12)13(16)9-17-6-4-10(5-7-17)14(18)19/h1-3,8,10,13H,4-7,9H2,(H,18,19). The smallest absolute Gasteiger partial charge is 0.306 e. The molecule has 1 aliphatic heterocycles. The number of likely N-dealkylation sites (tertiary alicyclic amines) is 1. The van der Waals surface area contributed by atoms with Gasteiger partial charge < -0.3 is 10.0 Å². The van der Waals surface area contributed by atoms with Crippen molar-refractivity contribution in [2.24, 2.45) is 5.92 Å². The van der Waals surface area contributed by atoms with Gasteiger partial charge in [-0.25, -0.2) is 8.78 Å². The zero-order valence-corrected chi connectivity index (χ0v) is 10.6. The summed E-state index contributed by atoms with van der Waals surface area (Å²) in [5.41, 5.74) is 0.334. The number of hydrogen-bond acceptors (Lipinski definition) is 2. The van der Waals surface area contributed by atoms with Crippen LogP contribution in [-0.4, -0.2) is 35.6 Å². The monoisotopic (exact) mass is 269 g/mol. The summed E-state index contributed by atoms with van der Waals surface area (Å²) in [6.07, 6.45) is -0.145. The van der Waals surface area contributed by atoms with Crippen LogP contribution in [0.5, 0.6) is 0 Å². The summed E-state index contributed by atoms with van der Waals surface area (Å²) in [6, 6.07) is 5.55. The topological polar surface area (TPSA) is 40.5 Å². The summed E-state index contributed by atoms with van der Waals surface area (Å²) in [7, 11) is 0. The van der Waals surface area contributed by atoms with Crippen molar-refractivity contribution in [3.8, 4) is 0 Å². The van der Waals surface area contributed by atoms with Crippen LogP contribution in [0.4, 0.5) is 8.78 Å². The number of carboxylic acids is 1. The second-order valence-corrected chi connectivity index (χ2v) is 4.94. The highest BCUT2D eigenvalue weighted by Crippen LogP contribution is 2.23. The van der Waals surface area contributed by atoms with E-state index in [-0.39, 0.29) is 12.5 Å². The van der Waals surface area contributed by atoms with Crippen molar-refractivity contribution in [1.29, 1.82) is 0 Å². The lowest BCUT2D eigenvalue weighted by Gasteiger charge is -2.30. The van der Waals surface area contributed by atoms with Gasteiger partial charge in [-0.2, -0.15) is 0 Å². The first-order valence-electron chi connectivity index (χ1n) is 6.41. The second kappa shape index (κ2) is 6.10. The van der Waals surface area contributed by atoms with E-state index < -0.39 is 18.0 Å². The van der Waals surface area contributed by atoms with Crippen LogP contribution in [-0.2, 0) is 4.79 Å². The third kappa shape index (κ3) is 3.73. The number of nitrogens with zero attached hydrogens (tertiary/aromatic N) is 1. The molecular formula is C14H17F2NO2. The van der Waals surface area contributed by atoms with Crippen molar-refractivity contribution in [3.63, 3.8) is 0 Å². The summed E-state index contributed by atoms with van der Waals surface area (Å²) in [4.78, 5) is 12.7. The Balaban J connectivity index is 1.87. The summed E-state index contributed by atoms with van der Waals surface area (Å²) in [5.74, 6) is -1.53. The molecule has 0 aromatic heterocycles. The van der Waals surface area contributed by atoms with Crippen molar-refractivity contribution >= 4 is 5.97 Å². The lowest BCUT2D eigenvalue weighted by atomic mass is 9.96. The van der Waals surface area contributed by atoms with Gasteiger partial charge in [-0.15, -0.1) is 0 Å². The molecule has 0 amide bonds. The Hall–Kier alpha value is -1.49. The van der Waals surface area contributed by atoms with Crippen LogP contribution in [0.25, 0.3) is 0 Å². The number of rotatable bonds is 4. The van der Waals surface area contributed by atoms with Crippen LogP contribution in [0.15, 0.2) is 24.3 Å². The predicted octanol–water partition coefficient (Wildman–Crippen LogP) is 2.63. The fraction of sp³-hybridized carbons (Fsp3) is 0.500. The first kappa shape index (κ1) is 13.9. The third-order valence-corrected chi connectivity index (χ3v) is 3.57. The zero-order chi connectivity index (χ0) is 13.8. The molecule has 1 fully saturated rings. The van der Waals surface area contributed by atoms with Gasteiger partial charge in [-0.3, -0.25) is 4.79 Å². The molecule has 19 heavy (non-hydrogen) atoms. The molecule has 1 N–H and O–H groups in total. The molecule has 1 saturated heterocycles. The summed E-state index contributed by atoms with van der Waals surface area (Å²) < 4.78 is 27.0. The number of alkyl halides is 1. The van der Waals surface area contributed by atoms with Gasteiger partial charge in [0.25, 0.3) is 0 Å². The number of carboxylic acid groups (broad SMARTS) is 1. The second-order valence-electron chi connectivity index (χ2n) is 4.94. The van der Waals surface area contributed by atoms with Crippen molar-refractivity contribution in [2.45, 2.75) is 19.0 Å². The number of halogens is 2. The van der Waals surface area contributed by atoms with Crippen LogP contribution >= 0.6 is 0 Å². The van der Waals surface area contributed by atoms with E-state index in [9.17, 15) is 13.6 Å². The molecule has 0 bridgehead atoms. The molecule has 0 aliphatic carbocycles. The molecule has 2 rings (SSSR count). The van der Waals surface area contributed by atoms with Gasteiger partial charge in [-0.1, -0.05) is 12.1 Å². The predicted molar refractivity (Wildman–Crippen MR) is 67.0 cm³/mol. The fourth-order valence-electron chi connectivity index (χ4n) is 2.40. The van der Waals surface area contributed by atoms with E-state index >= 15 is 0 Å². The van der Waals surface area contributed by atoms with Gasteiger partial charge in [0.1, 0.15) is 12.0 Å². The van der Waals surface area contributed by atoms with Crippen LogP contribution in [0.3, 0.4) is 0 Å². The molecule has 3 nitrogen and oxygen atoms in total. The molecule has 0 spiro atoms. The minimum absolute atomic E-state index is 0.190. The van der Waals surface area contributed by atoms with Gasteiger partial charge >= 0.3 is 5.97 Å². The van der Waals surface area contributed by atoms with E-state index in [0.29, 0.717) is 31.5 Å². The van der Waals surface area contributed by atoms with Crippen LogP contribution < -0.4 is 0 Å². The normalized spacial score (nSPS) is 19.3. The fourth-order valence-corrected chi connectivity index (χ4v) is 2.40. The molecule has 1 aromatic rings. The van der Waals surface area contributed by atoms with Crippen molar-refractivity contribution < 1.29 is 18.7 Å². The minimum atomic E-state index is -1.24. The maximum absolute atomic E-state index is 14.0. The number of carbonyl (C=O) groups is 1. The molecule has 5 heteroatoms. The molecular weight excluding hydrogens is 252 g/mol. The maximum Gasteiger partial charge on any atom is 0.306 e. The quantitative estimate of drug-likeness (QED) is 0.913. The van der Waals surface area contributed by atoms with Crippen LogP contribution in [0, 0.1) is 11.7 Å². The Morgan fingerprint density at radius 3 is 2.68 bits per heavy atom. The van der Waals surface area contributed by atoms with Crippen LogP contribution in [0.2, 0.25) is 0 Å². The third-order valence-electron chi connectivity index (χ3n) is 3.57. The SMILES string of the molecule is O=C(O)C1CCN(CC(F)c2cccc(F)c2)CC1. The van der Waals surface area contributed by atoms with Gasteiger partial charge in [0, 0.05) is 6.54 Å². The van der Waals surface area contributed by atoms with Gasteiger partial charge in [0.2, 0.25) is 0 Å². The van der Waals surface area contributed by atoms with E-state index in [2.05, 4.69) is 0 Å². The van der Waals surface area contributed by atoms with E-state index in [4.69, 9.17) is 5.11 Å². The Morgan fingerprint density at radius 2 is 2.11 bits per heavy atom. The van der Waals surface area contributed by atoms with Gasteiger partial charge in [-0.05, 0) is 43.6 Å². The highest BCUT2D eigenvalue weighted by atomic mass is 19.1. The molecule has 1 aromatic carbocycles. The average Bonchev–Trinajstić information content (AvgIpc) is 2.39. The molecule has 0 saturated carbocycles. The number of hydrogen-bond donors (Lipinski definition) is 1. The maximum atomic E-state index is 14.0. The Bertz CT molecular complexity index is 445. The first-order chi connectivity index (χ1) is 9.06. The Morgan fingerprint density at radius 1 is 1.42 bits per heavy atom. The van der Waals surface area contributed by atoms with Crippen molar-refractivity contribution in [1.82, 2.24) is 4.90 Å². The largest absolute Gasteiger partial charge is 0.481 e. The molecule has 0 radical (unpaired) electrons. The van der Waals surface area contributed by atoms with E-state index in [1.807, 2.05) is 4.90 Å². The molecule has 104 valence electrons. The average molecular weight is 269 g/mol. The highest BCUT2D eigenvalue weighted by Gasteiger charge is 2.26. The molecule has 1 atom stereocenters. The summed E-state index contributed by atoms with van der Waals surface area (Å²) in [6.45, 7) is 1.34. The number of aliphatic carboxylic acids is 1. The van der Waals surface area contributed by atoms with Crippen molar-refractivity contribution in [3.05, 3.63) is 35.6 Å². The summed E-state index contributed by atoms with van der Waals surface area (Å²) in [5, 5.41) is 8.88. The molecule has 1 unspecified atom stereocenters. The number of piperidine rings is 1. The van der Waals surface area contributed by atoms with Gasteiger partial charge in [0.15, 0.2) is 0 Å².